The van der Waals surface area contributed by atoms with Crippen LogP contribution >= 0.6 is 50.5 Å². The molecular weight excluding hydrogens is 713 g/mol. The molecule has 1 aliphatic rings. The molecule has 0 bridgehead atoms. The second kappa shape index (κ2) is 14.5. The number of ether oxygens (including phenoxy) is 3. The number of fused-ring (bicyclic) bond motifs is 1. The maximum absolute atomic E-state index is 14.1. The summed E-state index contributed by atoms with van der Waals surface area (Å²) in [5, 5.41) is 1.04. The Labute approximate surface area is 289 Å². The maximum atomic E-state index is 14.1. The lowest BCUT2D eigenvalue weighted by Gasteiger charge is -2.25. The van der Waals surface area contributed by atoms with Gasteiger partial charge in [-0.25, -0.2) is 9.79 Å². The van der Waals surface area contributed by atoms with Crippen molar-refractivity contribution < 1.29 is 19.0 Å². The first-order valence-corrected chi connectivity index (χ1v) is 16.9. The van der Waals surface area contributed by atoms with Crippen LogP contribution in [0.3, 0.4) is 0 Å². The van der Waals surface area contributed by atoms with E-state index in [9.17, 15) is 9.59 Å². The van der Waals surface area contributed by atoms with Crippen molar-refractivity contribution in [2.75, 3.05) is 32.2 Å². The zero-order chi connectivity index (χ0) is 33.1. The molecule has 4 aromatic rings. The highest BCUT2D eigenvalue weighted by molar-refractivity contribution is 9.10. The number of hydrogen-bond acceptors (Lipinski definition) is 8. The second-order valence-corrected chi connectivity index (χ2v) is 13.3. The molecule has 0 fully saturated rings. The summed E-state index contributed by atoms with van der Waals surface area (Å²) in [7, 11) is 3.91. The number of carbonyl (C=O) groups excluding carboxylic acids is 1. The molecule has 0 radical (unpaired) electrons. The van der Waals surface area contributed by atoms with Crippen molar-refractivity contribution in [1.29, 1.82) is 0 Å². The van der Waals surface area contributed by atoms with Gasteiger partial charge in [0.25, 0.3) is 5.56 Å². The van der Waals surface area contributed by atoms with Crippen molar-refractivity contribution in [3.63, 3.8) is 0 Å². The number of nitrogens with zero attached hydrogens (tertiary/aromatic N) is 3. The smallest absolute Gasteiger partial charge is 0.338 e. The van der Waals surface area contributed by atoms with Crippen LogP contribution in [-0.4, -0.2) is 37.8 Å². The predicted octanol–water partition coefficient (Wildman–Crippen LogP) is 6.91. The zero-order valence-electron chi connectivity index (χ0n) is 25.9. The number of aromatic nitrogens is 1. The number of carbonyl (C=O) groups is 1. The van der Waals surface area contributed by atoms with Crippen molar-refractivity contribution >= 4 is 68.2 Å². The van der Waals surface area contributed by atoms with Crippen LogP contribution in [0.25, 0.3) is 6.08 Å². The van der Waals surface area contributed by atoms with Crippen LogP contribution in [0, 0.1) is 0 Å². The van der Waals surface area contributed by atoms with Gasteiger partial charge in [-0.1, -0.05) is 52.7 Å². The third-order valence-corrected chi connectivity index (χ3v) is 9.42. The lowest BCUT2D eigenvalue weighted by molar-refractivity contribution is -0.139. The quantitative estimate of drug-likeness (QED) is 0.164. The van der Waals surface area contributed by atoms with Crippen molar-refractivity contribution in [1.82, 2.24) is 4.57 Å². The highest BCUT2D eigenvalue weighted by Gasteiger charge is 2.33. The fraction of sp³-hybridized carbons (Fsp3) is 0.265. The minimum absolute atomic E-state index is 0.199. The number of hydrogen-bond donors (Lipinski definition) is 0. The molecule has 0 N–H and O–H groups in total. The van der Waals surface area contributed by atoms with Gasteiger partial charge in [0.15, 0.2) is 16.3 Å². The molecule has 0 amide bonds. The van der Waals surface area contributed by atoms with Crippen LogP contribution in [0.15, 0.2) is 80.1 Å². The van der Waals surface area contributed by atoms with Gasteiger partial charge in [0.2, 0.25) is 0 Å². The molecule has 12 heteroatoms. The fourth-order valence-corrected chi connectivity index (χ4v) is 7.16. The van der Waals surface area contributed by atoms with E-state index in [-0.39, 0.29) is 18.8 Å². The van der Waals surface area contributed by atoms with Gasteiger partial charge in [-0.2, -0.15) is 0 Å². The molecule has 0 unspecified atom stereocenters. The van der Waals surface area contributed by atoms with E-state index >= 15 is 0 Å². The standard InChI is InChI=1S/C34H32BrCl2N3O5S/c1-6-43-27-15-20(14-25(35)31(27)45-18-22-8-11-23(36)17-26(22)37)16-28-32(41)40-30(21-9-12-24(13-10-21)39(4)5)29(33(42)44-7-2)19(3)38-34(40)46-28/h8-17,30H,6-7,18H2,1-5H3/b28-16-/t30-/m1/s1. The van der Waals surface area contributed by atoms with Crippen LogP contribution < -0.4 is 29.3 Å². The first kappa shape index (κ1) is 33.8. The summed E-state index contributed by atoms with van der Waals surface area (Å²) in [4.78, 5) is 34.5. The molecule has 3 aromatic carbocycles. The van der Waals surface area contributed by atoms with Gasteiger partial charge in [-0.15, -0.1) is 0 Å². The van der Waals surface area contributed by atoms with Crippen LogP contribution in [0.5, 0.6) is 11.5 Å². The average molecular weight is 746 g/mol. The summed E-state index contributed by atoms with van der Waals surface area (Å²) in [6, 6.07) is 16.0. The number of benzene rings is 3. The van der Waals surface area contributed by atoms with E-state index in [1.807, 2.05) is 68.4 Å². The van der Waals surface area contributed by atoms with Gasteiger partial charge in [0.1, 0.15) is 6.61 Å². The molecule has 2 heterocycles. The van der Waals surface area contributed by atoms with Gasteiger partial charge in [-0.05, 0) is 90.3 Å². The Morgan fingerprint density at radius 3 is 2.46 bits per heavy atom. The lowest BCUT2D eigenvalue weighted by atomic mass is 9.95. The average Bonchev–Trinajstić information content (AvgIpc) is 3.30. The Bertz CT molecular complexity index is 2000. The number of anilines is 1. The van der Waals surface area contributed by atoms with Crippen LogP contribution in [0.1, 0.15) is 43.5 Å². The van der Waals surface area contributed by atoms with Gasteiger partial charge < -0.3 is 19.1 Å². The summed E-state index contributed by atoms with van der Waals surface area (Å²) in [6.45, 7) is 6.21. The molecule has 240 valence electrons. The SMILES string of the molecule is CCOC(=O)C1=C(C)N=c2s/c(=C\c3cc(Br)c(OCc4ccc(Cl)cc4Cl)c(OCC)c3)c(=O)n2[C@@H]1c1ccc(N(C)C)cc1. The maximum Gasteiger partial charge on any atom is 0.338 e. The van der Waals surface area contributed by atoms with Gasteiger partial charge in [-0.3, -0.25) is 9.36 Å². The second-order valence-electron chi connectivity index (χ2n) is 10.6. The zero-order valence-corrected chi connectivity index (χ0v) is 29.8. The van der Waals surface area contributed by atoms with Crippen molar-refractivity contribution in [2.45, 2.75) is 33.4 Å². The third kappa shape index (κ3) is 7.05. The van der Waals surface area contributed by atoms with Crippen LogP contribution in [0.2, 0.25) is 10.0 Å². The topological polar surface area (TPSA) is 82.4 Å². The van der Waals surface area contributed by atoms with E-state index in [4.69, 9.17) is 37.4 Å². The molecule has 0 aliphatic carbocycles. The van der Waals surface area contributed by atoms with E-state index in [0.29, 0.717) is 58.8 Å². The summed E-state index contributed by atoms with van der Waals surface area (Å²) in [5.41, 5.74) is 3.83. The number of esters is 1. The van der Waals surface area contributed by atoms with Crippen molar-refractivity contribution in [3.8, 4) is 11.5 Å². The van der Waals surface area contributed by atoms with Crippen LogP contribution in [0.4, 0.5) is 5.69 Å². The summed E-state index contributed by atoms with van der Waals surface area (Å²) < 4.78 is 20.1. The summed E-state index contributed by atoms with van der Waals surface area (Å²) >= 11 is 17.3. The molecule has 5 rings (SSSR count). The molecule has 0 saturated heterocycles. The van der Waals surface area contributed by atoms with E-state index in [2.05, 4.69) is 20.9 Å². The Morgan fingerprint density at radius 2 is 1.80 bits per heavy atom. The minimum atomic E-state index is -0.699. The minimum Gasteiger partial charge on any atom is -0.490 e. The van der Waals surface area contributed by atoms with Gasteiger partial charge in [0.05, 0.1) is 39.5 Å². The Morgan fingerprint density at radius 1 is 1.07 bits per heavy atom. The highest BCUT2D eigenvalue weighted by Crippen LogP contribution is 2.38. The van der Waals surface area contributed by atoms with Gasteiger partial charge >= 0.3 is 5.97 Å². The Balaban J connectivity index is 1.58. The number of allylic oxidation sites excluding steroid dienone is 1. The van der Waals surface area contributed by atoms with E-state index in [1.54, 1.807) is 36.6 Å². The van der Waals surface area contributed by atoms with E-state index in [0.717, 1.165) is 16.8 Å². The molecule has 46 heavy (non-hydrogen) atoms. The first-order chi connectivity index (χ1) is 22.0. The normalized spacial score (nSPS) is 14.5. The monoisotopic (exact) mass is 743 g/mol. The molecule has 0 saturated carbocycles. The number of halogens is 3. The molecule has 1 aliphatic heterocycles. The molecule has 8 nitrogen and oxygen atoms in total. The predicted molar refractivity (Wildman–Crippen MR) is 187 cm³/mol. The number of thiazole rings is 1. The highest BCUT2D eigenvalue weighted by atomic mass is 79.9. The van der Waals surface area contributed by atoms with Crippen molar-refractivity contribution in [2.24, 2.45) is 4.99 Å². The van der Waals surface area contributed by atoms with Crippen LogP contribution in [-0.2, 0) is 16.1 Å². The summed E-state index contributed by atoms with van der Waals surface area (Å²) in [5.74, 6) is 0.503. The van der Waals surface area contributed by atoms with Crippen molar-refractivity contribution in [3.05, 3.63) is 117 Å². The summed E-state index contributed by atoms with van der Waals surface area (Å²) in [6.07, 6.45) is 1.78. The Kier molecular flexibility index (Phi) is 10.6. The van der Waals surface area contributed by atoms with E-state index in [1.165, 1.54) is 11.3 Å². The first-order valence-electron chi connectivity index (χ1n) is 14.5. The van der Waals surface area contributed by atoms with E-state index < -0.39 is 12.0 Å². The molecule has 1 aromatic heterocycles. The molecule has 1 atom stereocenters. The fourth-order valence-electron chi connectivity index (χ4n) is 5.08. The molecule has 0 spiro atoms. The lowest BCUT2D eigenvalue weighted by Crippen LogP contribution is -2.39. The number of rotatable bonds is 10. The molecular formula is C34H32BrCl2N3O5S. The Hall–Kier alpha value is -3.57. The van der Waals surface area contributed by atoms with Gasteiger partial charge in [0, 0.05) is 35.4 Å². The third-order valence-electron chi connectivity index (χ3n) is 7.26. The largest absolute Gasteiger partial charge is 0.490 e.